The summed E-state index contributed by atoms with van der Waals surface area (Å²) >= 11 is 1.16. The molecule has 1 saturated heterocycles. The van der Waals surface area contributed by atoms with E-state index in [1.807, 2.05) is 6.92 Å². The Morgan fingerprint density at radius 3 is 2.83 bits per heavy atom. The number of nitrogens with one attached hydrogen (secondary N) is 1. The van der Waals surface area contributed by atoms with E-state index < -0.39 is 6.61 Å². The van der Waals surface area contributed by atoms with E-state index in [4.69, 9.17) is 4.74 Å². The molecule has 0 aromatic carbocycles. The second-order valence-corrected chi connectivity index (χ2v) is 6.80. The zero-order valence-corrected chi connectivity index (χ0v) is 14.1. The number of morpholine rings is 1. The van der Waals surface area contributed by atoms with Crippen molar-refractivity contribution in [2.24, 2.45) is 0 Å². The van der Waals surface area contributed by atoms with Crippen LogP contribution in [0.15, 0.2) is 6.07 Å². The van der Waals surface area contributed by atoms with Gasteiger partial charge in [-0.1, -0.05) is 0 Å². The van der Waals surface area contributed by atoms with Crippen LogP contribution in [0, 0.1) is 6.92 Å². The fourth-order valence-corrected chi connectivity index (χ4v) is 3.24. The van der Waals surface area contributed by atoms with Crippen LogP contribution in [0.3, 0.4) is 0 Å². The Hall–Kier alpha value is -1.25. The van der Waals surface area contributed by atoms with E-state index in [1.54, 1.807) is 6.92 Å². The van der Waals surface area contributed by atoms with Crippen LogP contribution in [0.25, 0.3) is 0 Å². The van der Waals surface area contributed by atoms with E-state index in [1.165, 1.54) is 6.07 Å². The van der Waals surface area contributed by atoms with Crippen molar-refractivity contribution >= 4 is 17.2 Å². The summed E-state index contributed by atoms with van der Waals surface area (Å²) in [5.41, 5.74) is 0. The Morgan fingerprint density at radius 1 is 1.48 bits per heavy atom. The number of aryl methyl sites for hydroxylation is 1. The molecule has 8 heteroatoms. The van der Waals surface area contributed by atoms with E-state index in [-0.39, 0.29) is 22.6 Å². The van der Waals surface area contributed by atoms with Gasteiger partial charge in [-0.05, 0) is 26.3 Å². The molecule has 23 heavy (non-hydrogen) atoms. The molecular formula is C15H22F2N2O3S. The number of ether oxygens (including phenoxy) is 2. The third-order valence-corrected chi connectivity index (χ3v) is 4.63. The molecule has 0 aliphatic carbocycles. The van der Waals surface area contributed by atoms with Crippen molar-refractivity contribution in [3.05, 3.63) is 15.8 Å². The van der Waals surface area contributed by atoms with Crippen LogP contribution in [0.4, 0.5) is 8.78 Å². The van der Waals surface area contributed by atoms with Crippen LogP contribution in [-0.2, 0) is 4.74 Å². The van der Waals surface area contributed by atoms with Crippen molar-refractivity contribution in [2.45, 2.75) is 32.9 Å². The number of nitrogens with zero attached hydrogens (tertiary/aromatic N) is 1. The van der Waals surface area contributed by atoms with E-state index in [9.17, 15) is 13.6 Å². The summed E-state index contributed by atoms with van der Waals surface area (Å²) in [5, 5.41) is 2.85. The summed E-state index contributed by atoms with van der Waals surface area (Å²) in [4.78, 5) is 15.5. The zero-order chi connectivity index (χ0) is 16.8. The molecule has 1 unspecified atom stereocenters. The third kappa shape index (κ3) is 5.71. The quantitative estimate of drug-likeness (QED) is 0.823. The lowest BCUT2D eigenvalue weighted by molar-refractivity contribution is -0.0498. The molecule has 1 amide bonds. The highest BCUT2D eigenvalue weighted by Gasteiger charge is 2.21. The maximum absolute atomic E-state index is 12.4. The van der Waals surface area contributed by atoms with E-state index in [0.29, 0.717) is 0 Å². The van der Waals surface area contributed by atoms with Crippen molar-refractivity contribution in [3.8, 4) is 5.75 Å². The predicted octanol–water partition coefficient (Wildman–Crippen LogP) is 2.50. The first-order valence-electron chi connectivity index (χ1n) is 7.62. The molecule has 2 heterocycles. The lowest BCUT2D eigenvalue weighted by Gasteiger charge is -2.27. The number of amides is 1. The molecule has 0 saturated carbocycles. The SMILES string of the molecule is Cc1cc(OC(F)F)c(C(=O)NC(C)CCN2CCOCC2)s1. The number of halogens is 2. The van der Waals surface area contributed by atoms with Gasteiger partial charge in [-0.2, -0.15) is 8.78 Å². The number of carbonyl (C=O) groups is 1. The van der Waals surface area contributed by atoms with Crippen molar-refractivity contribution in [2.75, 3.05) is 32.8 Å². The molecule has 1 aliphatic rings. The first-order valence-corrected chi connectivity index (χ1v) is 8.43. The highest BCUT2D eigenvalue weighted by molar-refractivity contribution is 7.14. The second kappa shape index (κ2) is 8.56. The number of thiophene rings is 1. The summed E-state index contributed by atoms with van der Waals surface area (Å²) < 4.78 is 34.5. The average molecular weight is 348 g/mol. The van der Waals surface area contributed by atoms with Crippen LogP contribution in [0.5, 0.6) is 5.75 Å². The number of carbonyl (C=O) groups excluding carboxylic acids is 1. The molecule has 0 radical (unpaired) electrons. The highest BCUT2D eigenvalue weighted by atomic mass is 32.1. The van der Waals surface area contributed by atoms with Gasteiger partial charge in [0.2, 0.25) is 0 Å². The Labute approximate surface area is 138 Å². The molecule has 1 aromatic heterocycles. The van der Waals surface area contributed by atoms with Crippen LogP contribution in [0.1, 0.15) is 27.9 Å². The first-order chi connectivity index (χ1) is 11.0. The summed E-state index contributed by atoms with van der Waals surface area (Å²) in [5.74, 6) is -0.423. The molecule has 1 atom stereocenters. The zero-order valence-electron chi connectivity index (χ0n) is 13.3. The largest absolute Gasteiger partial charge is 0.433 e. The van der Waals surface area contributed by atoms with Crippen molar-refractivity contribution < 1.29 is 23.0 Å². The van der Waals surface area contributed by atoms with Gasteiger partial charge in [0.05, 0.1) is 13.2 Å². The number of hydrogen-bond acceptors (Lipinski definition) is 5. The minimum atomic E-state index is -2.94. The van der Waals surface area contributed by atoms with Crippen LogP contribution >= 0.6 is 11.3 Å². The number of rotatable bonds is 7. The number of alkyl halides is 2. The molecule has 2 rings (SSSR count). The van der Waals surface area contributed by atoms with Gasteiger partial charge in [0.1, 0.15) is 10.6 Å². The molecule has 5 nitrogen and oxygen atoms in total. The molecule has 1 aliphatic heterocycles. The minimum Gasteiger partial charge on any atom is -0.433 e. The van der Waals surface area contributed by atoms with Gasteiger partial charge in [-0.15, -0.1) is 11.3 Å². The van der Waals surface area contributed by atoms with Crippen molar-refractivity contribution in [3.63, 3.8) is 0 Å². The molecule has 130 valence electrons. The predicted molar refractivity (Wildman–Crippen MR) is 84.5 cm³/mol. The minimum absolute atomic E-state index is 0.0489. The van der Waals surface area contributed by atoms with Gasteiger partial charge in [-0.25, -0.2) is 0 Å². The van der Waals surface area contributed by atoms with E-state index in [0.717, 1.165) is 55.5 Å². The van der Waals surface area contributed by atoms with Crippen LogP contribution in [0.2, 0.25) is 0 Å². The van der Waals surface area contributed by atoms with Gasteiger partial charge in [0, 0.05) is 30.6 Å². The Bertz CT molecular complexity index is 519. The molecular weight excluding hydrogens is 326 g/mol. The van der Waals surface area contributed by atoms with E-state index >= 15 is 0 Å². The average Bonchev–Trinajstić information content (AvgIpc) is 2.86. The monoisotopic (exact) mass is 348 g/mol. The smallest absolute Gasteiger partial charge is 0.387 e. The first kappa shape index (κ1) is 18.1. The van der Waals surface area contributed by atoms with Crippen molar-refractivity contribution in [1.29, 1.82) is 0 Å². The Kier molecular flexibility index (Phi) is 6.73. The van der Waals surface area contributed by atoms with Gasteiger partial charge < -0.3 is 14.8 Å². The Balaban J connectivity index is 1.85. The summed E-state index contributed by atoms with van der Waals surface area (Å²) in [7, 11) is 0. The van der Waals surface area contributed by atoms with Gasteiger partial charge in [0.25, 0.3) is 5.91 Å². The third-order valence-electron chi connectivity index (χ3n) is 3.60. The second-order valence-electron chi connectivity index (χ2n) is 5.55. The Morgan fingerprint density at radius 2 is 2.17 bits per heavy atom. The van der Waals surface area contributed by atoms with Crippen molar-refractivity contribution in [1.82, 2.24) is 10.2 Å². The molecule has 0 bridgehead atoms. The van der Waals surface area contributed by atoms with Gasteiger partial charge in [-0.3, -0.25) is 9.69 Å². The van der Waals surface area contributed by atoms with Gasteiger partial charge >= 0.3 is 6.61 Å². The topological polar surface area (TPSA) is 50.8 Å². The lowest BCUT2D eigenvalue weighted by Crippen LogP contribution is -2.40. The lowest BCUT2D eigenvalue weighted by atomic mass is 10.2. The summed E-state index contributed by atoms with van der Waals surface area (Å²) in [6.07, 6.45) is 0.793. The molecule has 1 fully saturated rings. The van der Waals surface area contributed by atoms with E-state index in [2.05, 4.69) is 15.0 Å². The summed E-state index contributed by atoms with van der Waals surface area (Å²) in [6.45, 7) is 4.87. The van der Waals surface area contributed by atoms with Crippen LogP contribution < -0.4 is 10.1 Å². The number of hydrogen-bond donors (Lipinski definition) is 1. The maximum atomic E-state index is 12.4. The molecule has 1 N–H and O–H groups in total. The summed E-state index contributed by atoms with van der Waals surface area (Å²) in [6, 6.07) is 1.41. The maximum Gasteiger partial charge on any atom is 0.387 e. The fourth-order valence-electron chi connectivity index (χ4n) is 2.40. The van der Waals surface area contributed by atoms with Crippen LogP contribution in [-0.4, -0.2) is 56.3 Å². The van der Waals surface area contributed by atoms with Gasteiger partial charge in [0.15, 0.2) is 0 Å². The highest BCUT2D eigenvalue weighted by Crippen LogP contribution is 2.30. The standard InChI is InChI=1S/C15H22F2N2O3S/c1-10(3-4-19-5-7-21-8-6-19)18-14(20)13-12(22-15(16)17)9-11(2)23-13/h9-10,15H,3-8H2,1-2H3,(H,18,20). The normalized spacial score (nSPS) is 17.3. The fraction of sp³-hybridized carbons (Fsp3) is 0.667. The molecule has 1 aromatic rings. The molecule has 0 spiro atoms.